The Balaban J connectivity index is 1.89. The first-order chi connectivity index (χ1) is 10.3. The van der Waals surface area contributed by atoms with Gasteiger partial charge in [-0.2, -0.15) is 0 Å². The molecule has 0 saturated heterocycles. The van der Waals surface area contributed by atoms with Crippen LogP contribution in [0.5, 0.6) is 5.75 Å². The van der Waals surface area contributed by atoms with Crippen LogP contribution in [0.2, 0.25) is 0 Å². The first kappa shape index (κ1) is 16.0. The van der Waals surface area contributed by atoms with Crippen molar-refractivity contribution >= 4 is 21.4 Å². The Bertz CT molecular complexity index is 755. The molecule has 0 fully saturated rings. The number of carbonyl (C=O) groups excluding carboxylic acids is 1. The molecule has 0 unspecified atom stereocenters. The monoisotopic (exact) mass is 323 g/mol. The van der Waals surface area contributed by atoms with Crippen molar-refractivity contribution in [3.05, 3.63) is 54.3 Å². The van der Waals surface area contributed by atoms with Gasteiger partial charge in [-0.1, -0.05) is 0 Å². The van der Waals surface area contributed by atoms with Gasteiger partial charge in [-0.15, -0.1) is 0 Å². The van der Waals surface area contributed by atoms with E-state index in [4.69, 9.17) is 4.74 Å². The lowest BCUT2D eigenvalue weighted by molar-refractivity contribution is -0.118. The highest BCUT2D eigenvalue weighted by molar-refractivity contribution is 7.90. The third kappa shape index (κ3) is 4.56. The lowest BCUT2D eigenvalue weighted by atomic mass is 10.3. The topological polar surface area (TPSA) is 72.5 Å². The molecule has 2 aromatic rings. The molecule has 116 valence electrons. The van der Waals surface area contributed by atoms with Crippen molar-refractivity contribution in [2.24, 2.45) is 0 Å². The molecule has 0 atom stereocenters. The summed E-state index contributed by atoms with van der Waals surface area (Å²) in [6.07, 6.45) is 1.11. The molecule has 0 heterocycles. The van der Waals surface area contributed by atoms with Crippen LogP contribution in [0.3, 0.4) is 0 Å². The number of carbonyl (C=O) groups is 1. The zero-order valence-electron chi connectivity index (χ0n) is 11.7. The lowest BCUT2D eigenvalue weighted by Gasteiger charge is -2.08. The fourth-order valence-electron chi connectivity index (χ4n) is 1.66. The van der Waals surface area contributed by atoms with Crippen molar-refractivity contribution in [3.63, 3.8) is 0 Å². The van der Waals surface area contributed by atoms with E-state index in [0.29, 0.717) is 11.4 Å². The quantitative estimate of drug-likeness (QED) is 0.916. The first-order valence-electron chi connectivity index (χ1n) is 6.33. The molecule has 0 aliphatic heterocycles. The maximum absolute atomic E-state index is 12.7. The van der Waals surface area contributed by atoms with E-state index in [-0.39, 0.29) is 17.3 Å². The Hall–Kier alpha value is -2.41. The lowest BCUT2D eigenvalue weighted by Crippen LogP contribution is -2.20. The largest absolute Gasteiger partial charge is 0.484 e. The fraction of sp³-hybridized carbons (Fsp3) is 0.133. The van der Waals surface area contributed by atoms with E-state index in [0.717, 1.165) is 6.26 Å². The number of rotatable bonds is 5. The second-order valence-corrected chi connectivity index (χ2v) is 6.60. The normalized spacial score (nSPS) is 11.0. The van der Waals surface area contributed by atoms with Gasteiger partial charge in [0.25, 0.3) is 5.91 Å². The number of benzene rings is 2. The van der Waals surface area contributed by atoms with Gasteiger partial charge >= 0.3 is 0 Å². The molecule has 0 bridgehead atoms. The van der Waals surface area contributed by atoms with Crippen LogP contribution in [0.25, 0.3) is 0 Å². The molecule has 7 heteroatoms. The third-order valence-electron chi connectivity index (χ3n) is 2.75. The summed E-state index contributed by atoms with van der Waals surface area (Å²) in [6, 6.07) is 11.1. The van der Waals surface area contributed by atoms with Crippen molar-refractivity contribution in [2.45, 2.75) is 4.90 Å². The SMILES string of the molecule is CS(=O)(=O)c1ccc(OCC(=O)Nc2ccc(F)cc2)cc1. The average Bonchev–Trinajstić information content (AvgIpc) is 2.47. The number of sulfone groups is 1. The summed E-state index contributed by atoms with van der Waals surface area (Å²) in [4.78, 5) is 11.8. The third-order valence-corrected chi connectivity index (χ3v) is 3.88. The standard InChI is InChI=1S/C15H14FNO4S/c1-22(19,20)14-8-6-13(7-9-14)21-10-15(18)17-12-4-2-11(16)3-5-12/h2-9H,10H2,1H3,(H,17,18). The van der Waals surface area contributed by atoms with E-state index in [1.807, 2.05) is 0 Å². The van der Waals surface area contributed by atoms with Crippen LogP contribution in [0.1, 0.15) is 0 Å². The predicted octanol–water partition coefficient (Wildman–Crippen LogP) is 2.25. The Morgan fingerprint density at radius 2 is 1.68 bits per heavy atom. The van der Waals surface area contributed by atoms with Crippen LogP contribution in [0.4, 0.5) is 10.1 Å². The van der Waals surface area contributed by atoms with Crippen LogP contribution in [-0.2, 0) is 14.6 Å². The van der Waals surface area contributed by atoms with Gasteiger partial charge in [0.15, 0.2) is 16.4 Å². The Kier molecular flexibility index (Phi) is 4.77. The van der Waals surface area contributed by atoms with Gasteiger partial charge in [-0.3, -0.25) is 4.79 Å². The molecule has 22 heavy (non-hydrogen) atoms. The summed E-state index contributed by atoms with van der Waals surface area (Å²) >= 11 is 0. The molecule has 2 rings (SSSR count). The minimum absolute atomic E-state index is 0.176. The summed E-state index contributed by atoms with van der Waals surface area (Å²) in [5, 5.41) is 2.55. The molecule has 0 aliphatic rings. The van der Waals surface area contributed by atoms with Gasteiger partial charge in [0, 0.05) is 11.9 Å². The zero-order chi connectivity index (χ0) is 16.2. The predicted molar refractivity (Wildman–Crippen MR) is 80.1 cm³/mol. The van der Waals surface area contributed by atoms with Crippen molar-refractivity contribution in [1.82, 2.24) is 0 Å². The number of halogens is 1. The Labute approximate surface area is 127 Å². The maximum Gasteiger partial charge on any atom is 0.262 e. The van der Waals surface area contributed by atoms with Crippen molar-refractivity contribution in [3.8, 4) is 5.75 Å². The molecular weight excluding hydrogens is 309 g/mol. The molecule has 0 saturated carbocycles. The van der Waals surface area contributed by atoms with Gasteiger partial charge in [0.1, 0.15) is 11.6 Å². The van der Waals surface area contributed by atoms with Crippen molar-refractivity contribution in [1.29, 1.82) is 0 Å². The molecule has 1 amide bonds. The van der Waals surface area contributed by atoms with Gasteiger partial charge in [-0.25, -0.2) is 12.8 Å². The van der Waals surface area contributed by atoms with Gasteiger partial charge < -0.3 is 10.1 Å². The number of amides is 1. The molecule has 5 nitrogen and oxygen atoms in total. The van der Waals surface area contributed by atoms with Gasteiger partial charge in [-0.05, 0) is 48.5 Å². The van der Waals surface area contributed by atoms with Gasteiger partial charge in [0.05, 0.1) is 4.90 Å². The van der Waals surface area contributed by atoms with Crippen LogP contribution < -0.4 is 10.1 Å². The summed E-state index contributed by atoms with van der Waals surface area (Å²) < 4.78 is 40.6. The molecule has 2 aromatic carbocycles. The van der Waals surface area contributed by atoms with E-state index in [1.54, 1.807) is 0 Å². The van der Waals surface area contributed by atoms with Crippen LogP contribution in [0.15, 0.2) is 53.4 Å². The van der Waals surface area contributed by atoms with E-state index < -0.39 is 15.7 Å². The second kappa shape index (κ2) is 6.57. The van der Waals surface area contributed by atoms with Crippen molar-refractivity contribution < 1.29 is 22.3 Å². The summed E-state index contributed by atoms with van der Waals surface area (Å²) in [6.45, 7) is -0.240. The van der Waals surface area contributed by atoms with E-state index in [2.05, 4.69) is 5.32 Å². The fourth-order valence-corrected chi connectivity index (χ4v) is 2.29. The highest BCUT2D eigenvalue weighted by Gasteiger charge is 2.08. The molecule has 0 aliphatic carbocycles. The van der Waals surface area contributed by atoms with Crippen molar-refractivity contribution in [2.75, 3.05) is 18.2 Å². The number of ether oxygens (including phenoxy) is 1. The average molecular weight is 323 g/mol. The van der Waals surface area contributed by atoms with Crippen LogP contribution >= 0.6 is 0 Å². The Morgan fingerprint density at radius 1 is 1.09 bits per heavy atom. The second-order valence-electron chi connectivity index (χ2n) is 4.59. The highest BCUT2D eigenvalue weighted by atomic mass is 32.2. The maximum atomic E-state index is 12.7. The molecule has 0 aromatic heterocycles. The summed E-state index contributed by atoms with van der Waals surface area (Å²) in [5.41, 5.74) is 0.461. The zero-order valence-corrected chi connectivity index (χ0v) is 12.6. The van der Waals surface area contributed by atoms with Crippen LogP contribution in [-0.4, -0.2) is 27.2 Å². The Morgan fingerprint density at radius 3 is 2.23 bits per heavy atom. The number of hydrogen-bond donors (Lipinski definition) is 1. The highest BCUT2D eigenvalue weighted by Crippen LogP contribution is 2.16. The van der Waals surface area contributed by atoms with Crippen LogP contribution in [0, 0.1) is 5.82 Å². The van der Waals surface area contributed by atoms with E-state index in [9.17, 15) is 17.6 Å². The van der Waals surface area contributed by atoms with E-state index >= 15 is 0 Å². The smallest absolute Gasteiger partial charge is 0.262 e. The number of anilines is 1. The molecule has 0 spiro atoms. The number of nitrogens with one attached hydrogen (secondary N) is 1. The molecular formula is C15H14FNO4S. The first-order valence-corrected chi connectivity index (χ1v) is 8.22. The summed E-state index contributed by atoms with van der Waals surface area (Å²) in [7, 11) is -3.26. The number of hydrogen-bond acceptors (Lipinski definition) is 4. The minimum atomic E-state index is -3.26. The van der Waals surface area contributed by atoms with E-state index in [1.165, 1.54) is 48.5 Å². The molecule has 0 radical (unpaired) electrons. The van der Waals surface area contributed by atoms with Gasteiger partial charge in [0.2, 0.25) is 0 Å². The minimum Gasteiger partial charge on any atom is -0.484 e. The molecule has 1 N–H and O–H groups in total. The summed E-state index contributed by atoms with van der Waals surface area (Å²) in [5.74, 6) is -0.416.